The van der Waals surface area contributed by atoms with E-state index in [1.807, 2.05) is 62.4 Å². The van der Waals surface area contributed by atoms with Crippen LogP contribution in [0, 0.1) is 6.92 Å². The summed E-state index contributed by atoms with van der Waals surface area (Å²) >= 11 is 0. The zero-order valence-electron chi connectivity index (χ0n) is 19.7. The summed E-state index contributed by atoms with van der Waals surface area (Å²) in [6, 6.07) is 15.1. The molecule has 0 aliphatic carbocycles. The number of rotatable bonds is 9. The van der Waals surface area contributed by atoms with E-state index in [9.17, 15) is 9.59 Å². The fourth-order valence-electron chi connectivity index (χ4n) is 3.23. The second kappa shape index (κ2) is 11.0. The normalized spacial score (nSPS) is 12.2. The molecule has 1 N–H and O–H groups in total. The van der Waals surface area contributed by atoms with Crippen LogP contribution in [-0.4, -0.2) is 35.9 Å². The number of carbonyl (C=O) groups excluding carboxylic acids is 2. The molecule has 2 amide bonds. The van der Waals surface area contributed by atoms with Crippen molar-refractivity contribution in [3.63, 3.8) is 0 Å². The van der Waals surface area contributed by atoms with E-state index < -0.39 is 6.04 Å². The lowest BCUT2D eigenvalue weighted by Gasteiger charge is -2.29. The number of benzene rings is 2. The number of nitrogens with one attached hydrogen (secondary N) is 1. The summed E-state index contributed by atoms with van der Waals surface area (Å²) in [5.74, 6) is 0.265. The molecule has 0 spiro atoms. The Balaban J connectivity index is 2.13. The number of amides is 2. The second-order valence-electron chi connectivity index (χ2n) is 8.98. The lowest BCUT2D eigenvalue weighted by Crippen LogP contribution is -2.49. The number of nitrogens with zero attached hydrogens (tertiary/aromatic N) is 1. The van der Waals surface area contributed by atoms with Crippen LogP contribution in [-0.2, 0) is 21.5 Å². The average Bonchev–Trinajstić information content (AvgIpc) is 2.74. The molecule has 2 rings (SSSR count). The minimum atomic E-state index is -0.592. The van der Waals surface area contributed by atoms with E-state index in [0.717, 1.165) is 17.5 Å². The van der Waals surface area contributed by atoms with Gasteiger partial charge in [-0.3, -0.25) is 9.59 Å². The number of carbonyl (C=O) groups is 2. The van der Waals surface area contributed by atoms with Gasteiger partial charge in [0.1, 0.15) is 11.8 Å². The van der Waals surface area contributed by atoms with Gasteiger partial charge in [0, 0.05) is 13.1 Å². The summed E-state index contributed by atoms with van der Waals surface area (Å²) in [5.41, 5.74) is 3.36. The molecular weight excluding hydrogens is 388 g/mol. The number of hydrogen-bond acceptors (Lipinski definition) is 3. The number of aryl methyl sites for hydroxylation is 1. The second-order valence-corrected chi connectivity index (χ2v) is 8.98. The summed E-state index contributed by atoms with van der Waals surface area (Å²) in [6.07, 6.45) is 0.845. The zero-order chi connectivity index (χ0) is 23.0. The van der Waals surface area contributed by atoms with E-state index in [4.69, 9.17) is 4.74 Å². The summed E-state index contributed by atoms with van der Waals surface area (Å²) in [4.78, 5) is 27.3. The van der Waals surface area contributed by atoms with E-state index >= 15 is 0 Å². The molecule has 0 saturated heterocycles. The van der Waals surface area contributed by atoms with E-state index in [-0.39, 0.29) is 23.8 Å². The Hall–Kier alpha value is -2.82. The molecule has 0 saturated carbocycles. The lowest BCUT2D eigenvalue weighted by molar-refractivity contribution is -0.142. The Kier molecular flexibility index (Phi) is 8.66. The van der Waals surface area contributed by atoms with E-state index in [0.29, 0.717) is 18.8 Å². The zero-order valence-corrected chi connectivity index (χ0v) is 19.7. The van der Waals surface area contributed by atoms with Crippen LogP contribution in [0.4, 0.5) is 0 Å². The van der Waals surface area contributed by atoms with Gasteiger partial charge in [-0.2, -0.15) is 0 Å². The van der Waals surface area contributed by atoms with Crippen LogP contribution in [0.15, 0.2) is 48.5 Å². The molecule has 1 unspecified atom stereocenters. The molecule has 0 heterocycles. The Morgan fingerprint density at radius 1 is 1.06 bits per heavy atom. The van der Waals surface area contributed by atoms with Crippen LogP contribution in [0.2, 0.25) is 0 Å². The molecule has 0 radical (unpaired) electrons. The van der Waals surface area contributed by atoms with Crippen LogP contribution < -0.4 is 10.1 Å². The van der Waals surface area contributed by atoms with Crippen molar-refractivity contribution in [3.8, 4) is 5.75 Å². The van der Waals surface area contributed by atoms with Gasteiger partial charge in [-0.05, 0) is 54.5 Å². The van der Waals surface area contributed by atoms with Gasteiger partial charge in [0.2, 0.25) is 5.91 Å². The van der Waals surface area contributed by atoms with Gasteiger partial charge in [-0.25, -0.2) is 0 Å². The van der Waals surface area contributed by atoms with E-state index in [2.05, 4.69) is 26.1 Å². The van der Waals surface area contributed by atoms with Crippen molar-refractivity contribution < 1.29 is 14.3 Å². The van der Waals surface area contributed by atoms with Gasteiger partial charge in [0.05, 0.1) is 0 Å². The summed E-state index contributed by atoms with van der Waals surface area (Å²) in [7, 11) is 0. The van der Waals surface area contributed by atoms with Gasteiger partial charge >= 0.3 is 0 Å². The lowest BCUT2D eigenvalue weighted by atomic mass is 9.87. The van der Waals surface area contributed by atoms with Crippen LogP contribution >= 0.6 is 0 Å². The highest BCUT2D eigenvalue weighted by Crippen LogP contribution is 2.24. The predicted octanol–water partition coefficient (Wildman–Crippen LogP) is 4.61. The topological polar surface area (TPSA) is 58.6 Å². The maximum Gasteiger partial charge on any atom is 0.261 e. The largest absolute Gasteiger partial charge is 0.484 e. The highest BCUT2D eigenvalue weighted by atomic mass is 16.5. The summed E-state index contributed by atoms with van der Waals surface area (Å²) in [5, 5.41) is 2.89. The molecule has 5 nitrogen and oxygen atoms in total. The molecule has 31 heavy (non-hydrogen) atoms. The quantitative estimate of drug-likeness (QED) is 0.639. The SMILES string of the molecule is CCCNC(=O)C(C)N(Cc1ccccc1C)C(=O)COc1ccc(C(C)(C)C)cc1. The van der Waals surface area contributed by atoms with Gasteiger partial charge in [-0.15, -0.1) is 0 Å². The van der Waals surface area contributed by atoms with Crippen molar-refractivity contribution in [3.05, 3.63) is 65.2 Å². The molecule has 0 fully saturated rings. The molecule has 1 atom stereocenters. The molecule has 0 aromatic heterocycles. The highest BCUT2D eigenvalue weighted by molar-refractivity contribution is 5.88. The standard InChI is InChI=1S/C26H36N2O3/c1-7-16-27-25(30)20(3)28(17-21-11-9-8-10-19(21)2)24(29)18-31-23-14-12-22(13-15-23)26(4,5)6/h8-15,20H,7,16-18H2,1-6H3,(H,27,30). The Labute approximate surface area is 186 Å². The van der Waals surface area contributed by atoms with Crippen LogP contribution in [0.5, 0.6) is 5.75 Å². The average molecular weight is 425 g/mol. The molecule has 0 bridgehead atoms. The van der Waals surface area contributed by atoms with Crippen LogP contribution in [0.1, 0.15) is 57.7 Å². The Morgan fingerprint density at radius 3 is 2.29 bits per heavy atom. The third-order valence-corrected chi connectivity index (χ3v) is 5.40. The molecule has 168 valence electrons. The molecule has 0 aliphatic heterocycles. The number of hydrogen-bond donors (Lipinski definition) is 1. The van der Waals surface area contributed by atoms with Crippen molar-refractivity contribution in [1.82, 2.24) is 10.2 Å². The maximum atomic E-state index is 13.1. The molecule has 2 aromatic carbocycles. The highest BCUT2D eigenvalue weighted by Gasteiger charge is 2.26. The third-order valence-electron chi connectivity index (χ3n) is 5.40. The molecule has 5 heteroatoms. The van der Waals surface area contributed by atoms with Crippen molar-refractivity contribution in [1.29, 1.82) is 0 Å². The van der Waals surface area contributed by atoms with Gasteiger partial charge < -0.3 is 15.0 Å². The third kappa shape index (κ3) is 7.12. The molecule has 2 aromatic rings. The van der Waals surface area contributed by atoms with Crippen molar-refractivity contribution in [2.45, 2.75) is 66.0 Å². The maximum absolute atomic E-state index is 13.1. The Morgan fingerprint density at radius 2 is 1.71 bits per heavy atom. The molecule has 0 aliphatic rings. The fraction of sp³-hybridized carbons (Fsp3) is 0.462. The smallest absolute Gasteiger partial charge is 0.261 e. The van der Waals surface area contributed by atoms with Gasteiger partial charge in [-0.1, -0.05) is 64.1 Å². The van der Waals surface area contributed by atoms with Crippen LogP contribution in [0.3, 0.4) is 0 Å². The first-order valence-corrected chi connectivity index (χ1v) is 11.0. The summed E-state index contributed by atoms with van der Waals surface area (Å²) in [6.45, 7) is 13.1. The van der Waals surface area contributed by atoms with E-state index in [1.165, 1.54) is 5.56 Å². The van der Waals surface area contributed by atoms with Crippen molar-refractivity contribution in [2.24, 2.45) is 0 Å². The first kappa shape index (κ1) is 24.4. The van der Waals surface area contributed by atoms with Crippen molar-refractivity contribution in [2.75, 3.05) is 13.2 Å². The predicted molar refractivity (Wildman–Crippen MR) is 125 cm³/mol. The minimum Gasteiger partial charge on any atom is -0.484 e. The van der Waals surface area contributed by atoms with Gasteiger partial charge in [0.15, 0.2) is 6.61 Å². The first-order valence-electron chi connectivity index (χ1n) is 11.0. The molecular formula is C26H36N2O3. The summed E-state index contributed by atoms with van der Waals surface area (Å²) < 4.78 is 5.77. The van der Waals surface area contributed by atoms with Crippen molar-refractivity contribution >= 4 is 11.8 Å². The number of ether oxygens (including phenoxy) is 1. The fourth-order valence-corrected chi connectivity index (χ4v) is 3.23. The monoisotopic (exact) mass is 424 g/mol. The minimum absolute atomic E-state index is 0.0555. The van der Waals surface area contributed by atoms with Gasteiger partial charge in [0.25, 0.3) is 5.91 Å². The van der Waals surface area contributed by atoms with E-state index in [1.54, 1.807) is 11.8 Å². The first-order chi connectivity index (χ1) is 14.6. The van der Waals surface area contributed by atoms with Crippen LogP contribution in [0.25, 0.3) is 0 Å². The Bertz CT molecular complexity index is 869.